The minimum atomic E-state index is 0.631. The van der Waals surface area contributed by atoms with E-state index in [1.807, 2.05) is 13.0 Å². The van der Waals surface area contributed by atoms with Gasteiger partial charge in [0.25, 0.3) is 0 Å². The minimum absolute atomic E-state index is 0.631. The van der Waals surface area contributed by atoms with Gasteiger partial charge in [0.05, 0.1) is 0 Å². The van der Waals surface area contributed by atoms with Gasteiger partial charge in [-0.2, -0.15) is 0 Å². The summed E-state index contributed by atoms with van der Waals surface area (Å²) in [4.78, 5) is 0. The van der Waals surface area contributed by atoms with Crippen molar-refractivity contribution in [3.8, 4) is 0 Å². The third kappa shape index (κ3) is 2.60. The van der Waals surface area contributed by atoms with Crippen molar-refractivity contribution in [1.29, 1.82) is 0 Å². The van der Waals surface area contributed by atoms with Gasteiger partial charge in [0.2, 0.25) is 0 Å². The molecule has 0 bridgehead atoms. The first-order chi connectivity index (χ1) is 6.19. The molecule has 0 aliphatic heterocycles. The van der Waals surface area contributed by atoms with Crippen molar-refractivity contribution in [2.24, 2.45) is 0 Å². The molecular formula is C10H11Cl2O. The molecule has 0 N–H and O–H groups in total. The second kappa shape index (κ2) is 4.85. The summed E-state index contributed by atoms with van der Waals surface area (Å²) in [5.41, 5.74) is 0.913. The summed E-state index contributed by atoms with van der Waals surface area (Å²) in [7, 11) is 1.64. The van der Waals surface area contributed by atoms with Gasteiger partial charge in [0.1, 0.15) is 6.10 Å². The number of ether oxygens (including phenoxy) is 1. The monoisotopic (exact) mass is 217 g/mol. The first-order valence-electron chi connectivity index (χ1n) is 4.04. The SMILES string of the molecule is CC[C](OC)c1ccc(Cl)cc1Cl. The number of benzene rings is 1. The van der Waals surface area contributed by atoms with Crippen molar-refractivity contribution in [3.63, 3.8) is 0 Å². The third-order valence-electron chi connectivity index (χ3n) is 1.80. The van der Waals surface area contributed by atoms with E-state index >= 15 is 0 Å². The molecule has 0 fully saturated rings. The van der Waals surface area contributed by atoms with E-state index in [9.17, 15) is 0 Å². The average molecular weight is 218 g/mol. The van der Waals surface area contributed by atoms with Gasteiger partial charge in [0, 0.05) is 22.7 Å². The van der Waals surface area contributed by atoms with Crippen LogP contribution in [0.5, 0.6) is 0 Å². The van der Waals surface area contributed by atoms with E-state index in [4.69, 9.17) is 27.9 Å². The molecule has 1 aromatic rings. The summed E-state index contributed by atoms with van der Waals surface area (Å²) in [6.07, 6.45) is 1.69. The van der Waals surface area contributed by atoms with Gasteiger partial charge >= 0.3 is 0 Å². The van der Waals surface area contributed by atoms with E-state index in [0.717, 1.165) is 18.1 Å². The fraction of sp³-hybridized carbons (Fsp3) is 0.300. The Kier molecular flexibility index (Phi) is 4.04. The predicted octanol–water partition coefficient (Wildman–Crippen LogP) is 3.93. The second-order valence-electron chi connectivity index (χ2n) is 2.61. The normalized spacial score (nSPS) is 10.8. The van der Waals surface area contributed by atoms with Gasteiger partial charge < -0.3 is 4.74 Å². The van der Waals surface area contributed by atoms with Crippen LogP contribution < -0.4 is 0 Å². The standard InChI is InChI=1S/C10H11Cl2O/c1-3-10(13-2)8-5-4-7(11)6-9(8)12/h4-6H,3H2,1-2H3. The lowest BCUT2D eigenvalue weighted by atomic mass is 10.1. The van der Waals surface area contributed by atoms with Crippen molar-refractivity contribution in [3.05, 3.63) is 39.9 Å². The quantitative estimate of drug-likeness (QED) is 0.746. The molecule has 0 saturated heterocycles. The zero-order chi connectivity index (χ0) is 9.84. The predicted molar refractivity (Wildman–Crippen MR) is 56.1 cm³/mol. The highest BCUT2D eigenvalue weighted by molar-refractivity contribution is 6.35. The van der Waals surface area contributed by atoms with Gasteiger partial charge in [-0.15, -0.1) is 0 Å². The third-order valence-corrected chi connectivity index (χ3v) is 2.35. The summed E-state index contributed by atoms with van der Waals surface area (Å²) < 4.78 is 5.20. The highest BCUT2D eigenvalue weighted by atomic mass is 35.5. The van der Waals surface area contributed by atoms with Crippen LogP contribution in [0.4, 0.5) is 0 Å². The molecule has 1 aromatic carbocycles. The van der Waals surface area contributed by atoms with Crippen LogP contribution in [-0.2, 0) is 4.74 Å². The molecule has 0 spiro atoms. The molecule has 0 heterocycles. The van der Waals surface area contributed by atoms with Gasteiger partial charge in [-0.25, -0.2) is 0 Å². The van der Waals surface area contributed by atoms with Crippen LogP contribution >= 0.6 is 23.2 Å². The van der Waals surface area contributed by atoms with Crippen LogP contribution in [0, 0.1) is 6.10 Å². The molecule has 1 rings (SSSR count). The molecule has 13 heavy (non-hydrogen) atoms. The fourth-order valence-corrected chi connectivity index (χ4v) is 1.67. The number of hydrogen-bond acceptors (Lipinski definition) is 1. The van der Waals surface area contributed by atoms with E-state index in [2.05, 4.69) is 0 Å². The van der Waals surface area contributed by atoms with Crippen LogP contribution in [0.1, 0.15) is 18.9 Å². The summed E-state index contributed by atoms with van der Waals surface area (Å²) in [5, 5.41) is 1.27. The Morgan fingerprint density at radius 2 is 2.08 bits per heavy atom. The van der Waals surface area contributed by atoms with Crippen molar-refractivity contribution in [2.45, 2.75) is 13.3 Å². The maximum absolute atomic E-state index is 6.00. The van der Waals surface area contributed by atoms with E-state index < -0.39 is 0 Å². The van der Waals surface area contributed by atoms with Crippen molar-refractivity contribution in [2.75, 3.05) is 7.11 Å². The van der Waals surface area contributed by atoms with Crippen LogP contribution in [0.2, 0.25) is 10.0 Å². The Hall–Kier alpha value is -0.240. The molecule has 0 aliphatic rings. The van der Waals surface area contributed by atoms with Gasteiger partial charge in [-0.05, 0) is 18.6 Å². The van der Waals surface area contributed by atoms with Crippen LogP contribution in [0.15, 0.2) is 18.2 Å². The van der Waals surface area contributed by atoms with E-state index in [1.54, 1.807) is 19.2 Å². The largest absolute Gasteiger partial charge is 0.370 e. The number of rotatable bonds is 3. The summed E-state index contributed by atoms with van der Waals surface area (Å²) in [6, 6.07) is 5.39. The first-order valence-corrected chi connectivity index (χ1v) is 4.79. The zero-order valence-electron chi connectivity index (χ0n) is 7.60. The minimum Gasteiger partial charge on any atom is -0.370 e. The van der Waals surface area contributed by atoms with Crippen molar-refractivity contribution < 1.29 is 4.74 Å². The first kappa shape index (κ1) is 10.8. The molecule has 0 atom stereocenters. The maximum atomic E-state index is 6.00. The molecule has 0 saturated carbocycles. The smallest absolute Gasteiger partial charge is 0.127 e. The number of methoxy groups -OCH3 is 1. The zero-order valence-corrected chi connectivity index (χ0v) is 9.12. The van der Waals surface area contributed by atoms with Crippen LogP contribution in [-0.4, -0.2) is 7.11 Å². The molecule has 1 radical (unpaired) electrons. The molecule has 0 amide bonds. The van der Waals surface area contributed by atoms with Gasteiger partial charge in [0.15, 0.2) is 0 Å². The van der Waals surface area contributed by atoms with Crippen molar-refractivity contribution in [1.82, 2.24) is 0 Å². The Bertz CT molecular complexity index is 282. The lowest BCUT2D eigenvalue weighted by Crippen LogP contribution is -2.01. The Balaban J connectivity index is 2.99. The molecule has 71 valence electrons. The van der Waals surface area contributed by atoms with Crippen LogP contribution in [0.3, 0.4) is 0 Å². The highest BCUT2D eigenvalue weighted by Gasteiger charge is 2.12. The molecule has 1 nitrogen and oxygen atoms in total. The Morgan fingerprint density at radius 1 is 1.38 bits per heavy atom. The molecule has 0 aromatic heterocycles. The van der Waals surface area contributed by atoms with Gasteiger partial charge in [-0.3, -0.25) is 0 Å². The maximum Gasteiger partial charge on any atom is 0.127 e. The highest BCUT2D eigenvalue weighted by Crippen LogP contribution is 2.28. The lowest BCUT2D eigenvalue weighted by Gasteiger charge is -2.13. The van der Waals surface area contributed by atoms with E-state index in [0.29, 0.717) is 10.0 Å². The van der Waals surface area contributed by atoms with E-state index in [1.165, 1.54) is 0 Å². The lowest BCUT2D eigenvalue weighted by molar-refractivity contribution is 0.221. The van der Waals surface area contributed by atoms with Gasteiger partial charge in [-0.1, -0.05) is 36.2 Å². The number of hydrogen-bond donors (Lipinski definition) is 0. The molecule has 3 heteroatoms. The molecule has 0 aliphatic carbocycles. The Labute approximate surface area is 88.6 Å². The van der Waals surface area contributed by atoms with Crippen LogP contribution in [0.25, 0.3) is 0 Å². The second-order valence-corrected chi connectivity index (χ2v) is 3.45. The molecule has 0 unspecified atom stereocenters. The fourth-order valence-electron chi connectivity index (χ4n) is 1.16. The number of halogens is 2. The summed E-state index contributed by atoms with van der Waals surface area (Å²) in [5.74, 6) is 0. The molecular weight excluding hydrogens is 207 g/mol. The van der Waals surface area contributed by atoms with E-state index in [-0.39, 0.29) is 0 Å². The summed E-state index contributed by atoms with van der Waals surface area (Å²) >= 11 is 11.8. The summed E-state index contributed by atoms with van der Waals surface area (Å²) in [6.45, 7) is 2.02. The topological polar surface area (TPSA) is 9.23 Å². The Morgan fingerprint density at radius 3 is 2.54 bits per heavy atom. The van der Waals surface area contributed by atoms with Crippen molar-refractivity contribution >= 4 is 23.2 Å². The average Bonchev–Trinajstić information content (AvgIpc) is 2.10.